The normalized spacial score (nSPS) is 16.4. The molecule has 0 amide bonds. The molecule has 0 saturated heterocycles. The topological polar surface area (TPSA) is 46.5 Å². The number of rotatable bonds is 4. The van der Waals surface area contributed by atoms with E-state index in [9.17, 15) is 4.79 Å². The van der Waals surface area contributed by atoms with Gasteiger partial charge in [0.1, 0.15) is 5.75 Å². The second-order valence-corrected chi connectivity index (χ2v) is 5.55. The van der Waals surface area contributed by atoms with Gasteiger partial charge in [-0.3, -0.25) is 4.79 Å². The molecule has 0 unspecified atom stereocenters. The molecule has 3 nitrogen and oxygen atoms in total. The fourth-order valence-electron chi connectivity index (χ4n) is 2.26. The number of carbonyl (C=O) groups excluding carboxylic acids is 1. The van der Waals surface area contributed by atoms with Crippen molar-refractivity contribution in [2.75, 3.05) is 0 Å². The van der Waals surface area contributed by atoms with Crippen LogP contribution in [-0.2, 0) is 8.98 Å². The van der Waals surface area contributed by atoms with Crippen LogP contribution in [0.25, 0.3) is 0 Å². The summed E-state index contributed by atoms with van der Waals surface area (Å²) in [6, 6.07) is 6.62. The molecule has 1 aromatic carbocycles. The third-order valence-corrected chi connectivity index (χ3v) is 3.98. The highest BCUT2D eigenvalue weighted by Gasteiger charge is 2.18. The van der Waals surface area contributed by atoms with E-state index in [1.165, 1.54) is 19.3 Å². The van der Waals surface area contributed by atoms with Crippen LogP contribution in [0.15, 0.2) is 29.2 Å². The minimum absolute atomic E-state index is 0.139. The van der Waals surface area contributed by atoms with Crippen LogP contribution in [0.5, 0.6) is 5.75 Å². The van der Waals surface area contributed by atoms with Gasteiger partial charge in [0.15, 0.2) is 0 Å². The molecule has 4 heteroatoms. The quantitative estimate of drug-likeness (QED) is 0.839. The van der Waals surface area contributed by atoms with Gasteiger partial charge < -0.3 is 9.29 Å². The van der Waals surface area contributed by atoms with Gasteiger partial charge in [0.05, 0.1) is 12.0 Å². The Hall–Kier alpha value is -1.16. The molecule has 0 aromatic heterocycles. The predicted molar refractivity (Wildman–Crippen MR) is 71.2 cm³/mol. The summed E-state index contributed by atoms with van der Waals surface area (Å²) in [6.45, 7) is 0. The van der Waals surface area contributed by atoms with Gasteiger partial charge in [-0.05, 0) is 43.0 Å². The zero-order valence-corrected chi connectivity index (χ0v) is 11.1. The Kier molecular flexibility index (Phi) is 4.93. The van der Waals surface area contributed by atoms with Crippen molar-refractivity contribution in [1.82, 2.24) is 0 Å². The van der Waals surface area contributed by atoms with Crippen molar-refractivity contribution in [3.05, 3.63) is 24.3 Å². The molecule has 1 aromatic rings. The van der Waals surface area contributed by atoms with E-state index in [2.05, 4.69) is 0 Å². The molecule has 0 radical (unpaired) electrons. The van der Waals surface area contributed by atoms with Gasteiger partial charge in [0.2, 0.25) is 0 Å². The van der Waals surface area contributed by atoms with E-state index in [1.807, 2.05) is 0 Å². The van der Waals surface area contributed by atoms with Crippen LogP contribution in [0.2, 0.25) is 0 Å². The molecular weight excluding hydrogens is 248 g/mol. The summed E-state index contributed by atoms with van der Waals surface area (Å²) in [5.41, 5.74) is 0. The summed E-state index contributed by atoms with van der Waals surface area (Å²) in [6.07, 6.45) is 6.61. The average molecular weight is 266 g/mol. The molecule has 0 atom stereocenters. The van der Waals surface area contributed by atoms with Crippen LogP contribution < -0.4 is 0 Å². The van der Waals surface area contributed by atoms with Gasteiger partial charge in [0, 0.05) is 11.3 Å². The number of phenols is 1. The molecule has 98 valence electrons. The van der Waals surface area contributed by atoms with E-state index in [1.54, 1.807) is 24.3 Å². The van der Waals surface area contributed by atoms with Gasteiger partial charge in [0.25, 0.3) is 0 Å². The van der Waals surface area contributed by atoms with Gasteiger partial charge in [-0.1, -0.05) is 19.3 Å². The summed E-state index contributed by atoms with van der Waals surface area (Å²) in [4.78, 5) is 12.5. The second-order valence-electron chi connectivity index (χ2n) is 4.74. The zero-order chi connectivity index (χ0) is 12.8. The fraction of sp³-hybridized carbons (Fsp3) is 0.500. The third-order valence-electron chi connectivity index (χ3n) is 3.25. The summed E-state index contributed by atoms with van der Waals surface area (Å²) in [5.74, 6) is 0.583. The van der Waals surface area contributed by atoms with Crippen molar-refractivity contribution in [1.29, 1.82) is 0 Å². The van der Waals surface area contributed by atoms with Gasteiger partial charge in [-0.15, -0.1) is 0 Å². The molecule has 1 fully saturated rings. The van der Waals surface area contributed by atoms with E-state index in [0.29, 0.717) is 12.3 Å². The second kappa shape index (κ2) is 6.69. The highest BCUT2D eigenvalue weighted by atomic mass is 32.2. The molecule has 1 aliphatic carbocycles. The molecule has 1 aliphatic rings. The lowest BCUT2D eigenvalue weighted by atomic mass is 9.87. The molecule has 0 bridgehead atoms. The summed E-state index contributed by atoms with van der Waals surface area (Å²) in [5, 5.41) is 9.13. The Labute approximate surface area is 112 Å². The lowest BCUT2D eigenvalue weighted by molar-refractivity contribution is -0.134. The predicted octanol–water partition coefficient (Wildman–Crippen LogP) is 3.91. The highest BCUT2D eigenvalue weighted by Crippen LogP contribution is 2.28. The summed E-state index contributed by atoms with van der Waals surface area (Å²) < 4.78 is 5.17. The van der Waals surface area contributed by atoms with Gasteiger partial charge in [-0.2, -0.15) is 0 Å². The van der Waals surface area contributed by atoms with Crippen LogP contribution >= 0.6 is 12.0 Å². The SMILES string of the molecule is O=C(CC1CCCCC1)OSc1ccc(O)cc1. The number of aromatic hydroxyl groups is 1. The molecular formula is C14H18O3S. The van der Waals surface area contributed by atoms with Crippen molar-refractivity contribution in [3.8, 4) is 5.75 Å². The van der Waals surface area contributed by atoms with Crippen LogP contribution in [0.4, 0.5) is 0 Å². The Morgan fingerprint density at radius 1 is 1.22 bits per heavy atom. The first-order valence-corrected chi connectivity index (χ1v) is 7.14. The maximum Gasteiger partial charge on any atom is 0.318 e. The molecule has 0 spiro atoms. The largest absolute Gasteiger partial charge is 0.508 e. The number of benzene rings is 1. The van der Waals surface area contributed by atoms with Crippen molar-refractivity contribution >= 4 is 18.0 Å². The van der Waals surface area contributed by atoms with Crippen molar-refractivity contribution in [2.24, 2.45) is 5.92 Å². The number of phenolic OH excluding ortho intramolecular Hbond substituents is 1. The average Bonchev–Trinajstić information content (AvgIpc) is 2.39. The van der Waals surface area contributed by atoms with E-state index in [-0.39, 0.29) is 11.7 Å². The molecule has 18 heavy (non-hydrogen) atoms. The molecule has 0 heterocycles. The van der Waals surface area contributed by atoms with Crippen molar-refractivity contribution in [3.63, 3.8) is 0 Å². The monoisotopic (exact) mass is 266 g/mol. The smallest absolute Gasteiger partial charge is 0.318 e. The first-order chi connectivity index (χ1) is 8.74. The zero-order valence-electron chi connectivity index (χ0n) is 10.3. The Morgan fingerprint density at radius 2 is 1.89 bits per heavy atom. The third kappa shape index (κ3) is 4.26. The standard InChI is InChI=1S/C14H18O3S/c15-12-6-8-13(9-7-12)18-17-14(16)10-11-4-2-1-3-5-11/h6-9,11,15H,1-5,10H2. The molecule has 1 saturated carbocycles. The fourth-order valence-corrected chi connectivity index (χ4v) is 2.76. The number of hydrogen-bond acceptors (Lipinski definition) is 4. The van der Waals surface area contributed by atoms with E-state index in [4.69, 9.17) is 9.29 Å². The summed E-state index contributed by atoms with van der Waals surface area (Å²) in [7, 11) is 0. The Morgan fingerprint density at radius 3 is 2.56 bits per heavy atom. The van der Waals surface area contributed by atoms with Crippen molar-refractivity contribution in [2.45, 2.75) is 43.4 Å². The summed E-state index contributed by atoms with van der Waals surface area (Å²) >= 11 is 1.07. The van der Waals surface area contributed by atoms with Gasteiger partial charge in [-0.25, -0.2) is 0 Å². The van der Waals surface area contributed by atoms with E-state index in [0.717, 1.165) is 29.8 Å². The lowest BCUT2D eigenvalue weighted by Crippen LogP contribution is -2.12. The van der Waals surface area contributed by atoms with Gasteiger partial charge >= 0.3 is 5.97 Å². The van der Waals surface area contributed by atoms with Crippen LogP contribution in [-0.4, -0.2) is 11.1 Å². The van der Waals surface area contributed by atoms with Crippen LogP contribution in [0, 0.1) is 5.92 Å². The number of hydrogen-bond donors (Lipinski definition) is 1. The maximum atomic E-state index is 11.7. The Bertz CT molecular complexity index is 383. The molecule has 2 rings (SSSR count). The molecule has 0 aliphatic heterocycles. The highest BCUT2D eigenvalue weighted by molar-refractivity contribution is 7.95. The Balaban J connectivity index is 1.72. The van der Waals surface area contributed by atoms with Crippen molar-refractivity contribution < 1.29 is 14.1 Å². The first kappa shape index (κ1) is 13.3. The van der Waals surface area contributed by atoms with E-state index >= 15 is 0 Å². The lowest BCUT2D eigenvalue weighted by Gasteiger charge is -2.19. The van der Waals surface area contributed by atoms with E-state index < -0.39 is 0 Å². The van der Waals surface area contributed by atoms with Crippen LogP contribution in [0.1, 0.15) is 38.5 Å². The maximum absolute atomic E-state index is 11.7. The minimum atomic E-state index is -0.139. The first-order valence-electron chi connectivity index (χ1n) is 6.40. The number of carbonyl (C=O) groups is 1. The minimum Gasteiger partial charge on any atom is -0.508 e. The van der Waals surface area contributed by atoms with Crippen LogP contribution in [0.3, 0.4) is 0 Å². The molecule has 1 N–H and O–H groups in total.